The molecule has 0 saturated heterocycles. The van der Waals surface area contributed by atoms with E-state index in [2.05, 4.69) is 31.4 Å². The van der Waals surface area contributed by atoms with E-state index in [1.807, 2.05) is 31.2 Å². The summed E-state index contributed by atoms with van der Waals surface area (Å²) < 4.78 is 0. The predicted octanol–water partition coefficient (Wildman–Crippen LogP) is 3.50. The molecule has 6 nitrogen and oxygen atoms in total. The van der Waals surface area contributed by atoms with Gasteiger partial charge in [-0.1, -0.05) is 57.2 Å². The lowest BCUT2D eigenvalue weighted by atomic mass is 9.86. The van der Waals surface area contributed by atoms with E-state index in [1.165, 1.54) is 10.5 Å². The molecule has 0 spiro atoms. The summed E-state index contributed by atoms with van der Waals surface area (Å²) in [4.78, 5) is 38.4. The zero-order chi connectivity index (χ0) is 21.8. The number of rotatable bonds is 4. The van der Waals surface area contributed by atoms with Crippen LogP contribution in [0.4, 0.5) is 5.69 Å². The monoisotopic (exact) mass is 395 g/mol. The molecule has 29 heavy (non-hydrogen) atoms. The van der Waals surface area contributed by atoms with Gasteiger partial charge in [-0.25, -0.2) is 0 Å². The molecule has 0 fully saturated rings. The fourth-order valence-corrected chi connectivity index (χ4v) is 2.82. The third-order valence-electron chi connectivity index (χ3n) is 4.64. The van der Waals surface area contributed by atoms with Crippen LogP contribution in [0.5, 0.6) is 0 Å². The van der Waals surface area contributed by atoms with Crippen LogP contribution in [-0.4, -0.2) is 36.7 Å². The average Bonchev–Trinajstić information content (AvgIpc) is 2.67. The number of hydrogen-bond acceptors (Lipinski definition) is 3. The molecule has 6 heteroatoms. The summed E-state index contributed by atoms with van der Waals surface area (Å²) in [5, 5.41) is 5.23. The van der Waals surface area contributed by atoms with Gasteiger partial charge in [0.2, 0.25) is 0 Å². The standard InChI is InChI=1S/C23H29N3O3/c1-15(16-11-13-17(14-12-16)23(2,3)4)24-20(27)21(28)25-19-10-8-7-9-18(19)22(29)26(5)6/h7-15H,1-6H3,(H,24,27)(H,25,28). The molecule has 154 valence electrons. The van der Waals surface area contributed by atoms with Crippen molar-refractivity contribution in [2.45, 2.75) is 39.2 Å². The Labute approximate surface area is 172 Å². The van der Waals surface area contributed by atoms with Crippen LogP contribution in [0.15, 0.2) is 48.5 Å². The number of carbonyl (C=O) groups excluding carboxylic acids is 3. The molecule has 1 unspecified atom stereocenters. The van der Waals surface area contributed by atoms with Crippen molar-refractivity contribution in [1.82, 2.24) is 10.2 Å². The van der Waals surface area contributed by atoms with Crippen LogP contribution in [-0.2, 0) is 15.0 Å². The first-order chi connectivity index (χ1) is 13.5. The van der Waals surface area contributed by atoms with Crippen molar-refractivity contribution in [2.24, 2.45) is 0 Å². The summed E-state index contributed by atoms with van der Waals surface area (Å²) in [5.41, 5.74) is 2.77. The van der Waals surface area contributed by atoms with Crippen LogP contribution >= 0.6 is 0 Å². The van der Waals surface area contributed by atoms with Gasteiger partial charge in [-0.3, -0.25) is 14.4 Å². The zero-order valence-corrected chi connectivity index (χ0v) is 17.9. The highest BCUT2D eigenvalue weighted by atomic mass is 16.2. The highest BCUT2D eigenvalue weighted by Gasteiger charge is 2.21. The number of amides is 3. The van der Waals surface area contributed by atoms with Gasteiger partial charge < -0.3 is 15.5 Å². The number of nitrogens with one attached hydrogen (secondary N) is 2. The molecule has 0 bridgehead atoms. The maximum Gasteiger partial charge on any atom is 0.313 e. The van der Waals surface area contributed by atoms with Crippen molar-refractivity contribution >= 4 is 23.4 Å². The molecule has 2 N–H and O–H groups in total. The fourth-order valence-electron chi connectivity index (χ4n) is 2.82. The SMILES string of the molecule is CC(NC(=O)C(=O)Nc1ccccc1C(=O)N(C)C)c1ccc(C(C)(C)C)cc1. The number of anilines is 1. The van der Waals surface area contributed by atoms with E-state index in [0.717, 1.165) is 5.56 Å². The molecule has 0 aliphatic heterocycles. The lowest BCUT2D eigenvalue weighted by molar-refractivity contribution is -0.136. The van der Waals surface area contributed by atoms with Gasteiger partial charge in [-0.05, 0) is 35.6 Å². The lowest BCUT2D eigenvalue weighted by Gasteiger charge is -2.20. The number of hydrogen-bond donors (Lipinski definition) is 2. The van der Waals surface area contributed by atoms with E-state index < -0.39 is 11.8 Å². The Balaban J connectivity index is 2.06. The molecule has 1 atom stereocenters. The van der Waals surface area contributed by atoms with Crippen molar-refractivity contribution in [3.63, 3.8) is 0 Å². The molecule has 2 rings (SSSR count). The molecule has 0 heterocycles. The van der Waals surface area contributed by atoms with Gasteiger partial charge in [0, 0.05) is 14.1 Å². The van der Waals surface area contributed by atoms with Crippen LogP contribution in [0.2, 0.25) is 0 Å². The van der Waals surface area contributed by atoms with E-state index in [-0.39, 0.29) is 17.4 Å². The molecule has 0 saturated carbocycles. The van der Waals surface area contributed by atoms with Crippen molar-refractivity contribution < 1.29 is 14.4 Å². The Hall–Kier alpha value is -3.15. The van der Waals surface area contributed by atoms with E-state index in [1.54, 1.807) is 38.4 Å². The predicted molar refractivity (Wildman–Crippen MR) is 115 cm³/mol. The maximum atomic E-state index is 12.4. The molecule has 2 aromatic rings. The maximum absolute atomic E-state index is 12.4. The van der Waals surface area contributed by atoms with Crippen molar-refractivity contribution in [3.05, 3.63) is 65.2 Å². The van der Waals surface area contributed by atoms with Gasteiger partial charge in [0.1, 0.15) is 0 Å². The molecule has 0 aliphatic rings. The minimum Gasteiger partial charge on any atom is -0.345 e. The smallest absolute Gasteiger partial charge is 0.313 e. The largest absolute Gasteiger partial charge is 0.345 e. The van der Waals surface area contributed by atoms with Gasteiger partial charge in [0.05, 0.1) is 17.3 Å². The van der Waals surface area contributed by atoms with Gasteiger partial charge in [-0.2, -0.15) is 0 Å². The summed E-state index contributed by atoms with van der Waals surface area (Å²) in [6, 6.07) is 14.2. The summed E-state index contributed by atoms with van der Waals surface area (Å²) in [5.74, 6) is -1.83. The lowest BCUT2D eigenvalue weighted by Crippen LogP contribution is -2.37. The normalized spacial score (nSPS) is 12.1. The second-order valence-electron chi connectivity index (χ2n) is 8.27. The van der Waals surface area contributed by atoms with Gasteiger partial charge >= 0.3 is 11.8 Å². The van der Waals surface area contributed by atoms with Gasteiger partial charge in [-0.15, -0.1) is 0 Å². The van der Waals surface area contributed by atoms with E-state index in [4.69, 9.17) is 0 Å². The Morgan fingerprint density at radius 3 is 2.03 bits per heavy atom. The minimum absolute atomic E-state index is 0.0439. The van der Waals surface area contributed by atoms with Gasteiger partial charge in [0.15, 0.2) is 0 Å². The van der Waals surface area contributed by atoms with Gasteiger partial charge in [0.25, 0.3) is 5.91 Å². The number of carbonyl (C=O) groups is 3. The van der Waals surface area contributed by atoms with E-state index in [9.17, 15) is 14.4 Å². The quantitative estimate of drug-likeness (QED) is 0.778. The molecule has 3 amide bonds. The van der Waals surface area contributed by atoms with Crippen LogP contribution in [0.25, 0.3) is 0 Å². The van der Waals surface area contributed by atoms with E-state index >= 15 is 0 Å². The Bertz CT molecular complexity index is 896. The molecular weight excluding hydrogens is 366 g/mol. The molecular formula is C23H29N3O3. The number of benzene rings is 2. The van der Waals surface area contributed by atoms with Crippen molar-refractivity contribution in [1.29, 1.82) is 0 Å². The first kappa shape index (κ1) is 22.1. The molecule has 0 aliphatic carbocycles. The van der Waals surface area contributed by atoms with Crippen LogP contribution in [0.1, 0.15) is 55.2 Å². The van der Waals surface area contributed by atoms with Crippen LogP contribution in [0.3, 0.4) is 0 Å². The second-order valence-corrected chi connectivity index (χ2v) is 8.27. The highest BCUT2D eigenvalue weighted by molar-refractivity contribution is 6.40. The van der Waals surface area contributed by atoms with Crippen molar-refractivity contribution in [2.75, 3.05) is 19.4 Å². The highest BCUT2D eigenvalue weighted by Crippen LogP contribution is 2.24. The summed E-state index contributed by atoms with van der Waals surface area (Å²) in [7, 11) is 3.25. The molecule has 0 radical (unpaired) electrons. The fraction of sp³-hybridized carbons (Fsp3) is 0.348. The first-order valence-electron chi connectivity index (χ1n) is 9.53. The number of para-hydroxylation sites is 1. The Morgan fingerprint density at radius 2 is 1.48 bits per heavy atom. The summed E-state index contributed by atoms with van der Waals surface area (Å²) in [6.07, 6.45) is 0. The third kappa shape index (κ3) is 5.67. The Kier molecular flexibility index (Phi) is 6.80. The van der Waals surface area contributed by atoms with Crippen LogP contribution in [0, 0.1) is 0 Å². The molecule has 0 aromatic heterocycles. The Morgan fingerprint density at radius 1 is 0.897 bits per heavy atom. The molecule has 2 aromatic carbocycles. The zero-order valence-electron chi connectivity index (χ0n) is 17.9. The number of nitrogens with zero attached hydrogens (tertiary/aromatic N) is 1. The van der Waals surface area contributed by atoms with Crippen molar-refractivity contribution in [3.8, 4) is 0 Å². The first-order valence-corrected chi connectivity index (χ1v) is 9.53. The summed E-state index contributed by atoms with van der Waals surface area (Å²) >= 11 is 0. The topological polar surface area (TPSA) is 78.5 Å². The minimum atomic E-state index is -0.817. The third-order valence-corrected chi connectivity index (χ3v) is 4.64. The summed E-state index contributed by atoms with van der Waals surface area (Å²) in [6.45, 7) is 8.23. The van der Waals surface area contributed by atoms with E-state index in [0.29, 0.717) is 11.3 Å². The average molecular weight is 396 g/mol. The van der Waals surface area contributed by atoms with Crippen LogP contribution < -0.4 is 10.6 Å². The second kappa shape index (κ2) is 8.90.